The minimum atomic E-state index is -0.251. The summed E-state index contributed by atoms with van der Waals surface area (Å²) < 4.78 is 4.23. The monoisotopic (exact) mass is 496 g/mol. The van der Waals surface area contributed by atoms with Crippen molar-refractivity contribution in [2.45, 2.75) is 4.90 Å². The van der Waals surface area contributed by atoms with Crippen LogP contribution in [-0.4, -0.2) is 21.4 Å². The van der Waals surface area contributed by atoms with E-state index in [2.05, 4.69) is 11.7 Å². The number of thiazole rings is 1. The van der Waals surface area contributed by atoms with Crippen molar-refractivity contribution in [3.8, 4) is 11.4 Å². The maximum Gasteiger partial charge on any atom is 0.282 e. The Balaban J connectivity index is 1.76. The third kappa shape index (κ3) is 3.41. The van der Waals surface area contributed by atoms with Crippen LogP contribution < -0.4 is 25.9 Å². The van der Waals surface area contributed by atoms with Gasteiger partial charge in [-0.1, -0.05) is 66.9 Å². The second-order valence-electron chi connectivity index (χ2n) is 8.09. The van der Waals surface area contributed by atoms with Crippen LogP contribution in [0.5, 0.6) is 0 Å². The molecule has 1 aliphatic rings. The Morgan fingerprint density at radius 2 is 1.43 bits per heavy atom. The Morgan fingerprint density at radius 3 is 2.11 bits per heavy atom. The van der Waals surface area contributed by atoms with Crippen LogP contribution in [0.4, 0.5) is 5.69 Å². The normalized spacial score (nSPS) is 15.4. The number of hydrogen-bond acceptors (Lipinski definition) is 5. The number of thioether (sulfide) groups is 1. The molecule has 0 atom stereocenters. The zero-order chi connectivity index (χ0) is 24.1. The zero-order valence-electron chi connectivity index (χ0n) is 18.8. The minimum Gasteiger partial charge on any atom is -0.337 e. The number of rotatable bonds is 2. The minimum absolute atomic E-state index is 0.162. The SMILES string of the molecule is C=c1[nH]n(-c2ccccc2)c(=O)c1=c1sc(=C2Sc3ccccc3N2C)c(=O)n1-c1ccccc1. The van der Waals surface area contributed by atoms with Crippen molar-refractivity contribution in [3.63, 3.8) is 0 Å². The van der Waals surface area contributed by atoms with Crippen molar-refractivity contribution in [2.24, 2.45) is 0 Å². The number of hydrogen-bond donors (Lipinski definition) is 1. The second kappa shape index (κ2) is 8.33. The molecule has 3 aromatic carbocycles. The average molecular weight is 497 g/mol. The molecule has 0 fully saturated rings. The summed E-state index contributed by atoms with van der Waals surface area (Å²) in [7, 11) is 1.96. The van der Waals surface area contributed by atoms with Crippen molar-refractivity contribution in [3.05, 3.63) is 125 Å². The summed E-state index contributed by atoms with van der Waals surface area (Å²) in [5.41, 5.74) is 2.04. The third-order valence-electron chi connectivity index (χ3n) is 5.94. The molecular formula is C27H20N4O2S2. The number of H-pyrrole nitrogens is 1. The number of nitrogens with zero attached hydrogens (tertiary/aromatic N) is 3. The maximum absolute atomic E-state index is 13.9. The fourth-order valence-corrected chi connectivity index (χ4v) is 6.77. The highest BCUT2D eigenvalue weighted by Gasteiger charge is 2.25. The van der Waals surface area contributed by atoms with Crippen molar-refractivity contribution in [1.29, 1.82) is 0 Å². The molecule has 0 spiro atoms. The summed E-state index contributed by atoms with van der Waals surface area (Å²) in [5, 5.41) is 4.78. The van der Waals surface area contributed by atoms with E-state index in [9.17, 15) is 9.59 Å². The maximum atomic E-state index is 13.9. The second-order valence-corrected chi connectivity index (χ2v) is 10.1. The molecule has 6 rings (SSSR count). The highest BCUT2D eigenvalue weighted by Crippen LogP contribution is 2.45. The molecule has 172 valence electrons. The summed E-state index contributed by atoms with van der Waals surface area (Å²) in [4.78, 5) is 30.7. The van der Waals surface area contributed by atoms with Gasteiger partial charge in [0, 0.05) is 11.9 Å². The van der Waals surface area contributed by atoms with Gasteiger partial charge in [-0.05, 0) is 36.4 Å². The van der Waals surface area contributed by atoms with Gasteiger partial charge in [-0.25, -0.2) is 4.68 Å². The first-order valence-electron chi connectivity index (χ1n) is 11.0. The number of para-hydroxylation sites is 3. The van der Waals surface area contributed by atoms with E-state index in [0.29, 0.717) is 31.1 Å². The molecule has 0 aliphatic carbocycles. The third-order valence-corrected chi connectivity index (χ3v) is 8.46. The Hall–Kier alpha value is -4.01. The lowest BCUT2D eigenvalue weighted by Crippen LogP contribution is -2.31. The van der Waals surface area contributed by atoms with Gasteiger partial charge in [0.25, 0.3) is 11.1 Å². The van der Waals surface area contributed by atoms with Crippen molar-refractivity contribution >= 4 is 40.4 Å². The molecule has 0 amide bonds. The molecule has 0 radical (unpaired) electrons. The molecule has 35 heavy (non-hydrogen) atoms. The van der Waals surface area contributed by atoms with E-state index >= 15 is 0 Å². The standard InChI is InChI=1S/C27H20N4O2S2/c1-17-22(24(32)31(28-17)19-13-7-4-8-14-19)26-30(18-11-5-3-6-12-18)25(33)23(35-26)27-29(2)20-15-9-10-16-21(20)34-27/h3-16,28H,1H2,2H3. The van der Waals surface area contributed by atoms with E-state index in [1.54, 1.807) is 16.3 Å². The van der Waals surface area contributed by atoms with Crippen molar-refractivity contribution in [2.75, 3.05) is 11.9 Å². The predicted molar refractivity (Wildman–Crippen MR) is 143 cm³/mol. The van der Waals surface area contributed by atoms with E-state index < -0.39 is 0 Å². The highest BCUT2D eigenvalue weighted by molar-refractivity contribution is 8.08. The summed E-state index contributed by atoms with van der Waals surface area (Å²) in [6.45, 7) is 4.11. The number of nitrogens with one attached hydrogen (secondary N) is 1. The molecule has 0 bridgehead atoms. The molecule has 6 nitrogen and oxygen atoms in total. The Labute approximate surface area is 208 Å². The molecule has 3 heterocycles. The molecule has 8 heteroatoms. The molecule has 0 unspecified atom stereocenters. The lowest BCUT2D eigenvalue weighted by Gasteiger charge is -2.11. The van der Waals surface area contributed by atoms with E-state index in [1.165, 1.54) is 16.0 Å². The predicted octanol–water partition coefficient (Wildman–Crippen LogP) is 3.38. The lowest BCUT2D eigenvalue weighted by molar-refractivity contribution is 0.838. The largest absolute Gasteiger partial charge is 0.337 e. The Bertz CT molecular complexity index is 1900. The number of benzene rings is 3. The summed E-state index contributed by atoms with van der Waals surface area (Å²) in [6, 6.07) is 26.8. The van der Waals surface area contributed by atoms with Crippen LogP contribution in [0.1, 0.15) is 0 Å². The highest BCUT2D eigenvalue weighted by atomic mass is 32.2. The van der Waals surface area contributed by atoms with Gasteiger partial charge < -0.3 is 4.90 Å². The first-order chi connectivity index (χ1) is 17.0. The van der Waals surface area contributed by atoms with Crippen LogP contribution in [0.25, 0.3) is 23.0 Å². The van der Waals surface area contributed by atoms with Crippen LogP contribution in [-0.2, 0) is 0 Å². The number of aromatic amines is 1. The van der Waals surface area contributed by atoms with Gasteiger partial charge in [-0.3, -0.25) is 19.3 Å². The smallest absolute Gasteiger partial charge is 0.282 e. The van der Waals surface area contributed by atoms with Gasteiger partial charge in [0.2, 0.25) is 0 Å². The van der Waals surface area contributed by atoms with Crippen molar-refractivity contribution < 1.29 is 0 Å². The summed E-state index contributed by atoms with van der Waals surface area (Å²) in [5.74, 6) is 0. The van der Waals surface area contributed by atoms with Gasteiger partial charge in [0.05, 0.1) is 22.4 Å². The summed E-state index contributed by atoms with van der Waals surface area (Å²) in [6.07, 6.45) is 0. The van der Waals surface area contributed by atoms with E-state index in [1.807, 2.05) is 96.9 Å². The Morgan fingerprint density at radius 1 is 0.800 bits per heavy atom. The van der Waals surface area contributed by atoms with Crippen molar-refractivity contribution in [1.82, 2.24) is 14.3 Å². The van der Waals surface area contributed by atoms with Gasteiger partial charge in [0.15, 0.2) is 0 Å². The van der Waals surface area contributed by atoms with E-state index in [4.69, 9.17) is 0 Å². The molecule has 0 saturated carbocycles. The van der Waals surface area contributed by atoms with E-state index in [0.717, 1.165) is 15.6 Å². The van der Waals surface area contributed by atoms with Gasteiger partial charge in [-0.15, -0.1) is 11.3 Å². The topological polar surface area (TPSA) is 63.0 Å². The fraction of sp³-hybridized carbons (Fsp3) is 0.0370. The number of fused-ring (bicyclic) bond motifs is 1. The van der Waals surface area contributed by atoms with Crippen LogP contribution in [0.3, 0.4) is 0 Å². The van der Waals surface area contributed by atoms with E-state index in [-0.39, 0.29) is 11.1 Å². The fourth-order valence-electron chi connectivity index (χ4n) is 4.25. The van der Waals surface area contributed by atoms with Crippen LogP contribution in [0.2, 0.25) is 0 Å². The molecule has 1 aliphatic heterocycles. The summed E-state index contributed by atoms with van der Waals surface area (Å²) >= 11 is 2.89. The zero-order valence-corrected chi connectivity index (χ0v) is 20.4. The van der Waals surface area contributed by atoms with Crippen LogP contribution in [0, 0.1) is 9.88 Å². The van der Waals surface area contributed by atoms with Gasteiger partial charge in [0.1, 0.15) is 19.4 Å². The molecule has 5 aromatic rings. The first kappa shape index (κ1) is 21.5. The molecule has 2 aromatic heterocycles. The lowest BCUT2D eigenvalue weighted by atomic mass is 10.3. The molecule has 0 saturated heterocycles. The van der Waals surface area contributed by atoms with Gasteiger partial charge in [-0.2, -0.15) is 0 Å². The quantitative estimate of drug-likeness (QED) is 0.407. The number of anilines is 1. The van der Waals surface area contributed by atoms with Crippen LogP contribution in [0.15, 0.2) is 99.4 Å². The molecule has 1 N–H and O–H groups in total. The average Bonchev–Trinajstić information content (AvgIpc) is 3.50. The van der Waals surface area contributed by atoms with Crippen LogP contribution >= 0.6 is 23.1 Å². The number of aromatic nitrogens is 3. The Kier molecular flexibility index (Phi) is 5.12. The van der Waals surface area contributed by atoms with Gasteiger partial charge >= 0.3 is 0 Å². The first-order valence-corrected chi connectivity index (χ1v) is 12.6. The molecular weight excluding hydrogens is 476 g/mol.